The molecule has 1 unspecified atom stereocenters. The number of ketones is 1. The van der Waals surface area contributed by atoms with Gasteiger partial charge in [0, 0.05) is 6.42 Å². The number of hydrogen-bond acceptors (Lipinski definition) is 2. The van der Waals surface area contributed by atoms with Crippen molar-refractivity contribution in [3.8, 4) is 0 Å². The van der Waals surface area contributed by atoms with Gasteiger partial charge in [0.05, 0.1) is 6.10 Å². The van der Waals surface area contributed by atoms with Crippen molar-refractivity contribution in [1.82, 2.24) is 0 Å². The van der Waals surface area contributed by atoms with Crippen molar-refractivity contribution in [2.24, 2.45) is 29.1 Å². The highest BCUT2D eigenvalue weighted by atomic mass is 16.3. The second-order valence-electron chi connectivity index (χ2n) is 7.94. The average Bonchev–Trinajstić information content (AvgIpc) is 2.74. The molecule has 0 aromatic heterocycles. The Labute approximate surface area is 121 Å². The molecule has 2 nitrogen and oxygen atoms in total. The number of fused-ring (bicyclic) bond motifs is 5. The zero-order valence-electron chi connectivity index (χ0n) is 12.5. The lowest BCUT2D eigenvalue weighted by Crippen LogP contribution is -2.47. The second-order valence-corrected chi connectivity index (χ2v) is 7.94. The zero-order chi connectivity index (χ0) is 13.9. The second kappa shape index (κ2) is 4.43. The van der Waals surface area contributed by atoms with E-state index in [-0.39, 0.29) is 11.5 Å². The van der Waals surface area contributed by atoms with E-state index in [4.69, 9.17) is 0 Å². The van der Waals surface area contributed by atoms with Gasteiger partial charge in [0.25, 0.3) is 0 Å². The van der Waals surface area contributed by atoms with E-state index in [1.165, 1.54) is 31.3 Å². The van der Waals surface area contributed by atoms with Crippen molar-refractivity contribution in [2.45, 2.75) is 64.4 Å². The van der Waals surface area contributed by atoms with E-state index in [1.807, 2.05) is 6.08 Å². The summed E-state index contributed by atoms with van der Waals surface area (Å²) >= 11 is 0. The van der Waals surface area contributed by atoms with Crippen LogP contribution in [0.3, 0.4) is 0 Å². The maximum Gasteiger partial charge on any atom is 0.155 e. The monoisotopic (exact) mass is 274 g/mol. The molecule has 110 valence electrons. The molecular weight excluding hydrogens is 248 g/mol. The molecule has 0 bridgehead atoms. The van der Waals surface area contributed by atoms with Gasteiger partial charge in [-0.2, -0.15) is 0 Å². The minimum atomic E-state index is -0.0710. The lowest BCUT2D eigenvalue weighted by Gasteiger charge is -2.53. The van der Waals surface area contributed by atoms with Crippen molar-refractivity contribution >= 4 is 5.78 Å². The Hall–Kier alpha value is -0.630. The summed E-state index contributed by atoms with van der Waals surface area (Å²) in [6.07, 6.45) is 10.9. The van der Waals surface area contributed by atoms with E-state index in [2.05, 4.69) is 6.92 Å². The van der Waals surface area contributed by atoms with Gasteiger partial charge in [-0.15, -0.1) is 0 Å². The van der Waals surface area contributed by atoms with Crippen LogP contribution < -0.4 is 0 Å². The van der Waals surface area contributed by atoms with Gasteiger partial charge in [0.1, 0.15) is 0 Å². The van der Waals surface area contributed by atoms with Gasteiger partial charge >= 0.3 is 0 Å². The van der Waals surface area contributed by atoms with Crippen LogP contribution in [0.4, 0.5) is 0 Å². The lowest BCUT2D eigenvalue weighted by molar-refractivity contribution is -0.116. The number of allylic oxidation sites excluding steroid dienone is 1. The van der Waals surface area contributed by atoms with E-state index >= 15 is 0 Å². The Morgan fingerprint density at radius 2 is 1.95 bits per heavy atom. The summed E-state index contributed by atoms with van der Waals surface area (Å²) in [5.74, 6) is 3.38. The molecule has 2 heteroatoms. The molecule has 6 atom stereocenters. The average molecular weight is 274 g/mol. The quantitative estimate of drug-likeness (QED) is 0.734. The van der Waals surface area contributed by atoms with Crippen molar-refractivity contribution in [3.63, 3.8) is 0 Å². The third kappa shape index (κ3) is 1.70. The molecule has 4 aliphatic rings. The summed E-state index contributed by atoms with van der Waals surface area (Å²) in [7, 11) is 0. The van der Waals surface area contributed by atoms with Crippen LogP contribution in [0, 0.1) is 29.1 Å². The number of hydrogen-bond donors (Lipinski definition) is 1. The fraction of sp³-hybridized carbons (Fsp3) is 0.833. The highest BCUT2D eigenvalue weighted by Gasteiger charge is 2.55. The van der Waals surface area contributed by atoms with E-state index in [0.29, 0.717) is 11.7 Å². The van der Waals surface area contributed by atoms with E-state index in [1.54, 1.807) is 0 Å². The molecule has 4 aliphatic carbocycles. The molecule has 1 N–H and O–H groups in total. The standard InChI is InChI=1S/C18H26O2/c1-18-9-8-14-13-5-3-12(19)10-11(13)2-4-15(14)16(18)6-7-17(18)20/h10,13-17,20H,2-9H2,1H3/t13-,14-,15+,16+,17?,18-/m0/s1. The Kier molecular flexibility index (Phi) is 2.89. The molecule has 0 heterocycles. The Bertz CT molecular complexity index is 466. The molecule has 0 radical (unpaired) electrons. The smallest absolute Gasteiger partial charge is 0.155 e. The van der Waals surface area contributed by atoms with Crippen LogP contribution in [0.1, 0.15) is 58.3 Å². The summed E-state index contributed by atoms with van der Waals surface area (Å²) in [6.45, 7) is 2.33. The van der Waals surface area contributed by atoms with Crippen LogP contribution in [-0.2, 0) is 4.79 Å². The maximum atomic E-state index is 11.6. The topological polar surface area (TPSA) is 37.3 Å². The Morgan fingerprint density at radius 1 is 1.10 bits per heavy atom. The van der Waals surface area contributed by atoms with Crippen LogP contribution in [0.15, 0.2) is 11.6 Å². The summed E-state index contributed by atoms with van der Waals surface area (Å²) in [5.41, 5.74) is 1.65. The van der Waals surface area contributed by atoms with Gasteiger partial charge < -0.3 is 5.11 Å². The molecule has 0 amide bonds. The van der Waals surface area contributed by atoms with Crippen molar-refractivity contribution in [1.29, 1.82) is 0 Å². The van der Waals surface area contributed by atoms with Gasteiger partial charge in [-0.1, -0.05) is 12.5 Å². The normalized spacial score (nSPS) is 51.0. The maximum absolute atomic E-state index is 11.6. The molecule has 0 aromatic rings. The molecular formula is C18H26O2. The first-order valence-electron chi connectivity index (χ1n) is 8.51. The first-order chi connectivity index (χ1) is 9.59. The largest absolute Gasteiger partial charge is 0.393 e. The summed E-state index contributed by atoms with van der Waals surface area (Å²) in [6, 6.07) is 0. The van der Waals surface area contributed by atoms with Crippen molar-refractivity contribution in [3.05, 3.63) is 11.6 Å². The predicted octanol–water partition coefficient (Wildman–Crippen LogP) is 3.49. The zero-order valence-corrected chi connectivity index (χ0v) is 12.5. The number of carbonyl (C=O) groups excluding carboxylic acids is 1. The SMILES string of the molecule is C[C@]12CC[C@@H]3[C@@H](CCC4=CC(=O)CC[C@@H]43)[C@H]1CCC2O. The van der Waals surface area contributed by atoms with Crippen LogP contribution in [0.5, 0.6) is 0 Å². The molecule has 0 saturated heterocycles. The Morgan fingerprint density at radius 3 is 2.80 bits per heavy atom. The highest BCUT2D eigenvalue weighted by Crippen LogP contribution is 2.61. The first kappa shape index (κ1) is 13.1. The predicted molar refractivity (Wildman–Crippen MR) is 78.1 cm³/mol. The molecule has 0 aromatic carbocycles. The van der Waals surface area contributed by atoms with Crippen LogP contribution >= 0.6 is 0 Å². The van der Waals surface area contributed by atoms with Crippen LogP contribution in [-0.4, -0.2) is 17.0 Å². The summed E-state index contributed by atoms with van der Waals surface area (Å²) in [4.78, 5) is 11.6. The summed E-state index contributed by atoms with van der Waals surface area (Å²) < 4.78 is 0. The first-order valence-corrected chi connectivity index (χ1v) is 8.51. The highest BCUT2D eigenvalue weighted by molar-refractivity contribution is 5.91. The minimum Gasteiger partial charge on any atom is -0.393 e. The van der Waals surface area contributed by atoms with Gasteiger partial charge in [0.15, 0.2) is 5.78 Å². The molecule has 0 aliphatic heterocycles. The van der Waals surface area contributed by atoms with Crippen LogP contribution in [0.2, 0.25) is 0 Å². The lowest BCUT2D eigenvalue weighted by atomic mass is 9.52. The fourth-order valence-corrected chi connectivity index (χ4v) is 6.15. The van der Waals surface area contributed by atoms with Gasteiger partial charge in [0.2, 0.25) is 0 Å². The fourth-order valence-electron chi connectivity index (χ4n) is 6.15. The van der Waals surface area contributed by atoms with E-state index in [0.717, 1.165) is 43.4 Å². The van der Waals surface area contributed by atoms with E-state index in [9.17, 15) is 9.90 Å². The van der Waals surface area contributed by atoms with Gasteiger partial charge in [-0.05, 0) is 80.1 Å². The van der Waals surface area contributed by atoms with Gasteiger partial charge in [-0.25, -0.2) is 0 Å². The number of aliphatic hydroxyl groups is 1. The number of rotatable bonds is 0. The molecule has 3 fully saturated rings. The summed E-state index contributed by atoms with van der Waals surface area (Å²) in [5, 5.41) is 10.4. The van der Waals surface area contributed by atoms with Crippen molar-refractivity contribution in [2.75, 3.05) is 0 Å². The molecule has 3 saturated carbocycles. The van der Waals surface area contributed by atoms with E-state index < -0.39 is 0 Å². The third-order valence-electron chi connectivity index (χ3n) is 7.25. The molecule has 20 heavy (non-hydrogen) atoms. The van der Waals surface area contributed by atoms with Gasteiger partial charge in [-0.3, -0.25) is 4.79 Å². The molecule has 4 rings (SSSR count). The van der Waals surface area contributed by atoms with Crippen molar-refractivity contribution < 1.29 is 9.90 Å². The number of carbonyl (C=O) groups is 1. The third-order valence-corrected chi connectivity index (χ3v) is 7.25. The number of aliphatic hydroxyl groups excluding tert-OH is 1. The minimum absolute atomic E-state index is 0.0710. The van der Waals surface area contributed by atoms with Crippen LogP contribution in [0.25, 0.3) is 0 Å². The Balaban J connectivity index is 1.63. The molecule has 0 spiro atoms.